The van der Waals surface area contributed by atoms with Crippen molar-refractivity contribution >= 4 is 27.0 Å². The van der Waals surface area contributed by atoms with Crippen LogP contribution in [-0.2, 0) is 16.4 Å². The van der Waals surface area contributed by atoms with E-state index in [2.05, 4.69) is 9.46 Å². The maximum Gasteiger partial charge on any atom is 0.387 e. The highest BCUT2D eigenvalue weighted by Gasteiger charge is 2.17. The van der Waals surface area contributed by atoms with Crippen molar-refractivity contribution in [3.63, 3.8) is 0 Å². The Hall–Kier alpha value is -2.45. The van der Waals surface area contributed by atoms with Gasteiger partial charge in [-0.25, -0.2) is 8.42 Å². The summed E-state index contributed by atoms with van der Waals surface area (Å²) in [6, 6.07) is 16.6. The van der Waals surface area contributed by atoms with Crippen LogP contribution in [0.2, 0.25) is 0 Å². The van der Waals surface area contributed by atoms with E-state index in [1.165, 1.54) is 24.3 Å². The van der Waals surface area contributed by atoms with Gasteiger partial charge >= 0.3 is 6.61 Å². The van der Waals surface area contributed by atoms with E-state index in [1.54, 1.807) is 11.4 Å². The number of ether oxygens (including phenoxy) is 1. The van der Waals surface area contributed by atoms with Crippen LogP contribution >= 0.6 is 11.3 Å². The van der Waals surface area contributed by atoms with Crippen molar-refractivity contribution in [2.75, 3.05) is 4.72 Å². The third-order valence-corrected chi connectivity index (χ3v) is 6.30. The molecule has 0 bridgehead atoms. The van der Waals surface area contributed by atoms with Crippen molar-refractivity contribution in [2.24, 2.45) is 0 Å². The summed E-state index contributed by atoms with van der Waals surface area (Å²) in [4.78, 5) is 0. The van der Waals surface area contributed by atoms with Crippen LogP contribution in [0.25, 0.3) is 0 Å². The van der Waals surface area contributed by atoms with E-state index in [-0.39, 0.29) is 15.6 Å². The summed E-state index contributed by atoms with van der Waals surface area (Å²) in [5, 5.41) is 1.66. The second-order valence-corrected chi connectivity index (χ2v) is 8.26. The van der Waals surface area contributed by atoms with Gasteiger partial charge in [0.05, 0.1) is 0 Å². The molecule has 4 nitrogen and oxygen atoms in total. The molecule has 0 saturated heterocycles. The van der Waals surface area contributed by atoms with Gasteiger partial charge in [0.1, 0.15) is 9.96 Å². The highest BCUT2D eigenvalue weighted by Crippen LogP contribution is 2.28. The standard InChI is InChI=1S/C18H15F2NO3S2/c19-18(20)24-16-9-8-15(21-26(22,23)17-7-4-10-25-17)12-14(16)11-13-5-2-1-3-6-13/h1-10,12,18,21H,11H2. The normalized spacial score (nSPS) is 11.5. The largest absolute Gasteiger partial charge is 0.435 e. The lowest BCUT2D eigenvalue weighted by atomic mass is 10.0. The number of thiophene rings is 1. The number of anilines is 1. The van der Waals surface area contributed by atoms with Gasteiger partial charge in [0, 0.05) is 17.7 Å². The zero-order valence-electron chi connectivity index (χ0n) is 13.4. The van der Waals surface area contributed by atoms with Crippen LogP contribution in [0.4, 0.5) is 14.5 Å². The molecule has 8 heteroatoms. The average Bonchev–Trinajstić information content (AvgIpc) is 3.13. The van der Waals surface area contributed by atoms with Crippen LogP contribution in [0.5, 0.6) is 5.75 Å². The highest BCUT2D eigenvalue weighted by atomic mass is 32.2. The minimum atomic E-state index is -3.72. The topological polar surface area (TPSA) is 55.4 Å². The third-order valence-electron chi connectivity index (χ3n) is 3.53. The number of nitrogens with one attached hydrogen (secondary N) is 1. The first-order valence-electron chi connectivity index (χ1n) is 7.62. The summed E-state index contributed by atoms with van der Waals surface area (Å²) in [7, 11) is -3.72. The molecule has 2 aromatic carbocycles. The quantitative estimate of drug-likeness (QED) is 0.629. The summed E-state index contributed by atoms with van der Waals surface area (Å²) in [6.45, 7) is -2.96. The van der Waals surface area contributed by atoms with Gasteiger partial charge in [0.2, 0.25) is 0 Å². The van der Waals surface area contributed by atoms with Crippen LogP contribution < -0.4 is 9.46 Å². The summed E-state index contributed by atoms with van der Waals surface area (Å²) >= 11 is 1.09. The Morgan fingerprint density at radius 3 is 2.46 bits per heavy atom. The van der Waals surface area contributed by atoms with E-state index in [1.807, 2.05) is 30.3 Å². The molecule has 26 heavy (non-hydrogen) atoms. The van der Waals surface area contributed by atoms with Crippen LogP contribution in [0.1, 0.15) is 11.1 Å². The second kappa shape index (κ2) is 7.84. The van der Waals surface area contributed by atoms with E-state index in [0.717, 1.165) is 16.9 Å². The monoisotopic (exact) mass is 395 g/mol. The number of hydrogen-bond acceptors (Lipinski definition) is 4. The first-order valence-corrected chi connectivity index (χ1v) is 9.98. The lowest BCUT2D eigenvalue weighted by Gasteiger charge is -2.14. The van der Waals surface area contributed by atoms with Crippen LogP contribution in [0, 0.1) is 0 Å². The Kier molecular flexibility index (Phi) is 5.53. The van der Waals surface area contributed by atoms with Crippen LogP contribution in [0.3, 0.4) is 0 Å². The first kappa shape index (κ1) is 18.3. The van der Waals surface area contributed by atoms with Crippen molar-refractivity contribution in [3.8, 4) is 5.75 Å². The average molecular weight is 395 g/mol. The molecular formula is C18H15F2NO3S2. The van der Waals surface area contributed by atoms with E-state index in [9.17, 15) is 17.2 Å². The fourth-order valence-corrected chi connectivity index (χ4v) is 4.47. The van der Waals surface area contributed by atoms with Gasteiger partial charge in [-0.3, -0.25) is 4.72 Å². The molecular weight excluding hydrogens is 380 g/mol. The minimum Gasteiger partial charge on any atom is -0.435 e. The predicted octanol–water partition coefficient (Wildman–Crippen LogP) is 4.74. The number of sulfonamides is 1. The van der Waals surface area contributed by atoms with E-state index in [4.69, 9.17) is 0 Å². The summed E-state index contributed by atoms with van der Waals surface area (Å²) < 4.78 is 57.2. The Morgan fingerprint density at radius 2 is 1.81 bits per heavy atom. The molecule has 0 atom stereocenters. The number of halogens is 2. The summed E-state index contributed by atoms with van der Waals surface area (Å²) in [6.07, 6.45) is 0.331. The number of rotatable bonds is 7. The predicted molar refractivity (Wildman–Crippen MR) is 97.4 cm³/mol. The Bertz CT molecular complexity index is 959. The molecule has 0 saturated carbocycles. The highest BCUT2D eigenvalue weighted by molar-refractivity contribution is 7.94. The molecule has 0 aliphatic heterocycles. The molecule has 0 amide bonds. The molecule has 3 aromatic rings. The molecule has 0 spiro atoms. The molecule has 0 aliphatic rings. The van der Waals surface area contributed by atoms with Gasteiger partial charge in [-0.05, 0) is 35.2 Å². The van der Waals surface area contributed by atoms with Gasteiger partial charge in [-0.1, -0.05) is 36.4 Å². The maximum atomic E-state index is 12.7. The molecule has 1 heterocycles. The van der Waals surface area contributed by atoms with Crippen molar-refractivity contribution in [3.05, 3.63) is 77.2 Å². The maximum absolute atomic E-state index is 12.7. The van der Waals surface area contributed by atoms with Gasteiger partial charge in [0.25, 0.3) is 10.0 Å². The zero-order valence-corrected chi connectivity index (χ0v) is 15.1. The van der Waals surface area contributed by atoms with E-state index >= 15 is 0 Å². The fraction of sp³-hybridized carbons (Fsp3) is 0.111. The third kappa shape index (κ3) is 4.59. The molecule has 1 N–H and O–H groups in total. The van der Waals surface area contributed by atoms with Crippen LogP contribution in [0.15, 0.2) is 70.3 Å². The fourth-order valence-electron chi connectivity index (χ4n) is 2.43. The smallest absolute Gasteiger partial charge is 0.387 e. The molecule has 0 unspecified atom stereocenters. The molecule has 0 fully saturated rings. The van der Waals surface area contributed by atoms with Gasteiger partial charge < -0.3 is 4.74 Å². The second-order valence-electron chi connectivity index (χ2n) is 5.40. The number of hydrogen-bond donors (Lipinski definition) is 1. The van der Waals surface area contributed by atoms with Crippen molar-refractivity contribution in [1.29, 1.82) is 0 Å². The lowest BCUT2D eigenvalue weighted by molar-refractivity contribution is -0.0503. The Balaban J connectivity index is 1.91. The van der Waals surface area contributed by atoms with Gasteiger partial charge in [-0.2, -0.15) is 8.78 Å². The lowest BCUT2D eigenvalue weighted by Crippen LogP contribution is -2.12. The first-order chi connectivity index (χ1) is 12.4. The van der Waals surface area contributed by atoms with Gasteiger partial charge in [-0.15, -0.1) is 11.3 Å². The minimum absolute atomic E-state index is 0.0166. The number of benzene rings is 2. The van der Waals surface area contributed by atoms with Crippen molar-refractivity contribution in [2.45, 2.75) is 17.2 Å². The van der Waals surface area contributed by atoms with Crippen LogP contribution in [-0.4, -0.2) is 15.0 Å². The SMILES string of the molecule is O=S(=O)(Nc1ccc(OC(F)F)c(Cc2ccccc2)c1)c1cccs1. The molecule has 0 aliphatic carbocycles. The summed E-state index contributed by atoms with van der Waals surface area (Å²) in [5.41, 5.74) is 1.64. The zero-order chi connectivity index (χ0) is 18.6. The van der Waals surface area contributed by atoms with Crippen molar-refractivity contribution in [1.82, 2.24) is 0 Å². The Labute approximate surface area is 154 Å². The summed E-state index contributed by atoms with van der Waals surface area (Å²) in [5.74, 6) is 0.0166. The van der Waals surface area contributed by atoms with E-state index in [0.29, 0.717) is 12.0 Å². The van der Waals surface area contributed by atoms with Crippen molar-refractivity contribution < 1.29 is 21.9 Å². The number of alkyl halides is 2. The Morgan fingerprint density at radius 1 is 1.04 bits per heavy atom. The molecule has 0 radical (unpaired) electrons. The molecule has 1 aromatic heterocycles. The van der Waals surface area contributed by atoms with E-state index < -0.39 is 16.6 Å². The van der Waals surface area contributed by atoms with Gasteiger partial charge in [0.15, 0.2) is 0 Å². The molecule has 3 rings (SSSR count). The molecule has 136 valence electrons.